The maximum Gasteiger partial charge on any atom is 0.232 e. The van der Waals surface area contributed by atoms with Crippen molar-refractivity contribution in [3.63, 3.8) is 0 Å². The Kier molecular flexibility index (Phi) is 4.77. The summed E-state index contributed by atoms with van der Waals surface area (Å²) in [6, 6.07) is 0. The third-order valence-electron chi connectivity index (χ3n) is 1.96. The smallest absolute Gasteiger partial charge is 0.232 e. The number of aromatic nitrogens is 2. The molecule has 6 heteroatoms. The van der Waals surface area contributed by atoms with Gasteiger partial charge in [-0.1, -0.05) is 0 Å². The molecule has 1 aromatic rings. The number of ether oxygens (including phenoxy) is 1. The first-order valence-electron chi connectivity index (χ1n) is 4.74. The Morgan fingerprint density at radius 2 is 2.33 bits per heavy atom. The molecule has 1 aromatic heterocycles. The van der Waals surface area contributed by atoms with Gasteiger partial charge in [0.25, 0.3) is 0 Å². The minimum absolute atomic E-state index is 0.537. The normalized spacial score (nSPS) is 10.1. The first kappa shape index (κ1) is 12.2. The highest BCUT2D eigenvalue weighted by Crippen LogP contribution is 2.23. The number of nitrogens with zero attached hydrogens (tertiary/aromatic N) is 3. The number of nitrogens with two attached hydrogens (primary N) is 1. The van der Waals surface area contributed by atoms with E-state index < -0.39 is 0 Å². The molecule has 0 bridgehead atoms. The monoisotopic (exact) mass is 274 g/mol. The van der Waals surface area contributed by atoms with Crippen molar-refractivity contribution in [2.45, 2.75) is 6.92 Å². The Balaban J connectivity index is 2.92. The highest BCUT2D eigenvalue weighted by molar-refractivity contribution is 9.10. The maximum atomic E-state index is 5.51. The summed E-state index contributed by atoms with van der Waals surface area (Å²) in [5.41, 5.74) is 5.51. The van der Waals surface area contributed by atoms with Crippen LogP contribution in [0.1, 0.15) is 6.92 Å². The molecule has 84 valence electrons. The molecule has 15 heavy (non-hydrogen) atoms. The third kappa shape index (κ3) is 3.04. The molecule has 0 fully saturated rings. The third-order valence-corrected chi connectivity index (χ3v) is 2.50. The first-order valence-corrected chi connectivity index (χ1v) is 5.53. The van der Waals surface area contributed by atoms with Gasteiger partial charge in [-0.3, -0.25) is 0 Å². The van der Waals surface area contributed by atoms with Crippen LogP contribution in [0, 0.1) is 0 Å². The molecule has 0 spiro atoms. The van der Waals surface area contributed by atoms with Gasteiger partial charge in [-0.25, -0.2) is 4.98 Å². The van der Waals surface area contributed by atoms with E-state index in [0.717, 1.165) is 17.6 Å². The van der Waals surface area contributed by atoms with Crippen LogP contribution in [0.3, 0.4) is 0 Å². The standard InChI is InChI=1S/C9H15BrN4O/c1-3-14(5-4-11)9-12-6-7(10)8(13-9)15-2/h6H,3-5,11H2,1-2H3. The number of methoxy groups -OCH3 is 1. The second-order valence-electron chi connectivity index (χ2n) is 2.90. The van der Waals surface area contributed by atoms with Crippen molar-refractivity contribution < 1.29 is 4.74 Å². The molecular weight excluding hydrogens is 260 g/mol. The van der Waals surface area contributed by atoms with E-state index in [9.17, 15) is 0 Å². The number of hydrogen-bond donors (Lipinski definition) is 1. The van der Waals surface area contributed by atoms with Crippen molar-refractivity contribution in [1.82, 2.24) is 9.97 Å². The van der Waals surface area contributed by atoms with E-state index in [0.29, 0.717) is 18.4 Å². The van der Waals surface area contributed by atoms with Crippen LogP contribution < -0.4 is 15.4 Å². The Morgan fingerprint density at radius 1 is 1.60 bits per heavy atom. The van der Waals surface area contributed by atoms with E-state index in [4.69, 9.17) is 10.5 Å². The summed E-state index contributed by atoms with van der Waals surface area (Å²) >= 11 is 3.31. The summed E-state index contributed by atoms with van der Waals surface area (Å²) in [6.07, 6.45) is 1.68. The summed E-state index contributed by atoms with van der Waals surface area (Å²) in [5.74, 6) is 1.18. The van der Waals surface area contributed by atoms with Crippen LogP contribution in [-0.2, 0) is 0 Å². The van der Waals surface area contributed by atoms with Crippen LogP contribution in [0.2, 0.25) is 0 Å². The number of likely N-dealkylation sites (N-methyl/N-ethyl adjacent to an activating group) is 1. The van der Waals surface area contributed by atoms with E-state index >= 15 is 0 Å². The van der Waals surface area contributed by atoms with Crippen LogP contribution in [-0.4, -0.2) is 36.7 Å². The predicted octanol–water partition coefficient (Wildman–Crippen LogP) is 1.03. The molecule has 0 atom stereocenters. The quantitative estimate of drug-likeness (QED) is 0.869. The van der Waals surface area contributed by atoms with Crippen molar-refractivity contribution in [1.29, 1.82) is 0 Å². The largest absolute Gasteiger partial charge is 0.480 e. The molecule has 0 radical (unpaired) electrons. The summed E-state index contributed by atoms with van der Waals surface area (Å²) in [4.78, 5) is 10.5. The van der Waals surface area contributed by atoms with Crippen molar-refractivity contribution in [3.8, 4) is 5.88 Å². The van der Waals surface area contributed by atoms with E-state index in [1.165, 1.54) is 0 Å². The first-order chi connectivity index (χ1) is 7.22. The lowest BCUT2D eigenvalue weighted by Crippen LogP contribution is -2.30. The lowest BCUT2D eigenvalue weighted by molar-refractivity contribution is 0.393. The van der Waals surface area contributed by atoms with Gasteiger partial charge >= 0.3 is 0 Å². The molecular formula is C9H15BrN4O. The van der Waals surface area contributed by atoms with Crippen molar-refractivity contribution in [2.24, 2.45) is 5.73 Å². The Bertz CT molecular complexity index is 321. The van der Waals surface area contributed by atoms with Gasteiger partial charge in [0, 0.05) is 19.6 Å². The molecule has 0 aliphatic carbocycles. The van der Waals surface area contributed by atoms with Gasteiger partial charge in [0.1, 0.15) is 0 Å². The molecule has 0 aliphatic rings. The van der Waals surface area contributed by atoms with Crippen molar-refractivity contribution in [2.75, 3.05) is 31.6 Å². The fourth-order valence-electron chi connectivity index (χ4n) is 1.19. The van der Waals surface area contributed by atoms with E-state index in [1.54, 1.807) is 13.3 Å². The molecule has 5 nitrogen and oxygen atoms in total. The highest BCUT2D eigenvalue weighted by Gasteiger charge is 2.10. The predicted molar refractivity (Wildman–Crippen MR) is 63.2 cm³/mol. The molecule has 0 amide bonds. The van der Waals surface area contributed by atoms with E-state index in [-0.39, 0.29) is 0 Å². The lowest BCUT2D eigenvalue weighted by Gasteiger charge is -2.20. The maximum absolute atomic E-state index is 5.51. The molecule has 1 rings (SSSR count). The average Bonchev–Trinajstić information content (AvgIpc) is 2.27. The minimum atomic E-state index is 0.537. The van der Waals surface area contributed by atoms with Gasteiger partial charge in [-0.05, 0) is 22.9 Å². The second kappa shape index (κ2) is 5.87. The number of hydrogen-bond acceptors (Lipinski definition) is 5. The van der Waals surface area contributed by atoms with Gasteiger partial charge in [0.2, 0.25) is 11.8 Å². The van der Waals surface area contributed by atoms with E-state index in [1.807, 2.05) is 11.8 Å². The number of anilines is 1. The lowest BCUT2D eigenvalue weighted by atomic mass is 10.5. The Labute approximate surface area is 97.8 Å². The zero-order valence-corrected chi connectivity index (χ0v) is 10.5. The molecule has 2 N–H and O–H groups in total. The van der Waals surface area contributed by atoms with Gasteiger partial charge < -0.3 is 15.4 Å². The van der Waals surface area contributed by atoms with Crippen LogP contribution >= 0.6 is 15.9 Å². The molecule has 0 saturated carbocycles. The highest BCUT2D eigenvalue weighted by atomic mass is 79.9. The zero-order chi connectivity index (χ0) is 11.3. The van der Waals surface area contributed by atoms with E-state index in [2.05, 4.69) is 25.9 Å². The average molecular weight is 275 g/mol. The van der Waals surface area contributed by atoms with Crippen molar-refractivity contribution in [3.05, 3.63) is 10.7 Å². The Hall–Kier alpha value is -0.880. The molecule has 0 aliphatic heterocycles. The molecule has 0 saturated heterocycles. The summed E-state index contributed by atoms with van der Waals surface area (Å²) in [7, 11) is 1.58. The van der Waals surface area contributed by atoms with Crippen LogP contribution in [0.15, 0.2) is 10.7 Å². The topological polar surface area (TPSA) is 64.3 Å². The summed E-state index contributed by atoms with van der Waals surface area (Å²) < 4.78 is 5.85. The Morgan fingerprint density at radius 3 is 2.87 bits per heavy atom. The fourth-order valence-corrected chi connectivity index (χ4v) is 1.55. The van der Waals surface area contributed by atoms with Crippen LogP contribution in [0.25, 0.3) is 0 Å². The number of halogens is 1. The number of rotatable bonds is 5. The SMILES string of the molecule is CCN(CCN)c1ncc(Br)c(OC)n1. The van der Waals surface area contributed by atoms with Crippen LogP contribution in [0.5, 0.6) is 5.88 Å². The fraction of sp³-hybridized carbons (Fsp3) is 0.556. The van der Waals surface area contributed by atoms with Gasteiger partial charge in [0.15, 0.2) is 0 Å². The minimum Gasteiger partial charge on any atom is -0.480 e. The summed E-state index contributed by atoms with van der Waals surface area (Å²) in [5, 5.41) is 0. The van der Waals surface area contributed by atoms with Gasteiger partial charge in [-0.2, -0.15) is 4.98 Å². The van der Waals surface area contributed by atoms with Gasteiger partial charge in [-0.15, -0.1) is 0 Å². The molecule has 0 unspecified atom stereocenters. The summed E-state index contributed by atoms with van der Waals surface area (Å²) in [6.45, 7) is 4.17. The van der Waals surface area contributed by atoms with Crippen LogP contribution in [0.4, 0.5) is 5.95 Å². The van der Waals surface area contributed by atoms with Crippen molar-refractivity contribution >= 4 is 21.9 Å². The molecule has 1 heterocycles. The van der Waals surface area contributed by atoms with Gasteiger partial charge in [0.05, 0.1) is 17.8 Å². The molecule has 0 aromatic carbocycles. The zero-order valence-electron chi connectivity index (χ0n) is 8.90. The second-order valence-corrected chi connectivity index (χ2v) is 3.75.